The number of nitrogens with one attached hydrogen (secondary N) is 1. The number of carbonyl (C=O) groups is 1. The van der Waals surface area contributed by atoms with E-state index in [0.717, 1.165) is 30.1 Å². The predicted octanol–water partition coefficient (Wildman–Crippen LogP) is 2.52. The summed E-state index contributed by atoms with van der Waals surface area (Å²) < 4.78 is 10.7. The molecular formula is C17H23N3O3S. The summed E-state index contributed by atoms with van der Waals surface area (Å²) in [5.41, 5.74) is 0.694. The van der Waals surface area contributed by atoms with Crippen LogP contribution in [0.1, 0.15) is 25.5 Å². The van der Waals surface area contributed by atoms with Crippen molar-refractivity contribution in [1.29, 1.82) is 0 Å². The molecule has 2 aromatic rings. The van der Waals surface area contributed by atoms with Crippen molar-refractivity contribution in [3.8, 4) is 10.6 Å². The molecular weight excluding hydrogens is 326 g/mol. The van der Waals surface area contributed by atoms with Crippen LogP contribution in [0.5, 0.6) is 0 Å². The van der Waals surface area contributed by atoms with Gasteiger partial charge < -0.3 is 14.6 Å². The highest BCUT2D eigenvalue weighted by Gasteiger charge is 2.23. The van der Waals surface area contributed by atoms with Crippen molar-refractivity contribution in [1.82, 2.24) is 15.4 Å². The number of nitrogens with zero attached hydrogens (tertiary/aromatic N) is 2. The van der Waals surface area contributed by atoms with Crippen molar-refractivity contribution >= 4 is 17.2 Å². The van der Waals surface area contributed by atoms with E-state index in [-0.39, 0.29) is 19.1 Å². The summed E-state index contributed by atoms with van der Waals surface area (Å²) in [7, 11) is 0. The van der Waals surface area contributed by atoms with Gasteiger partial charge in [0.25, 0.3) is 0 Å². The largest absolute Gasteiger partial charge is 0.365 e. The van der Waals surface area contributed by atoms with Gasteiger partial charge in [0.2, 0.25) is 5.91 Å². The minimum absolute atomic E-state index is 0.0417. The van der Waals surface area contributed by atoms with E-state index in [0.29, 0.717) is 18.3 Å². The summed E-state index contributed by atoms with van der Waals surface area (Å²) in [5, 5.41) is 8.91. The van der Waals surface area contributed by atoms with Crippen LogP contribution >= 0.6 is 11.3 Å². The van der Waals surface area contributed by atoms with Gasteiger partial charge in [-0.05, 0) is 37.4 Å². The number of ether oxygens (including phenoxy) is 1. The van der Waals surface area contributed by atoms with Crippen LogP contribution in [-0.4, -0.2) is 48.2 Å². The zero-order chi connectivity index (χ0) is 16.8. The van der Waals surface area contributed by atoms with Crippen molar-refractivity contribution in [3.63, 3.8) is 0 Å². The fourth-order valence-electron chi connectivity index (χ4n) is 2.99. The Hall–Kier alpha value is -1.70. The SMILES string of the molecule is CCN1CCC[C@H]1CNC(=O)COCc1cc(-c2cccs2)on1. The number of thiophene rings is 1. The zero-order valence-electron chi connectivity index (χ0n) is 13.9. The molecule has 1 aliphatic heterocycles. The smallest absolute Gasteiger partial charge is 0.246 e. The minimum Gasteiger partial charge on any atom is -0.365 e. The Morgan fingerprint density at radius 3 is 3.29 bits per heavy atom. The average molecular weight is 349 g/mol. The summed E-state index contributed by atoms with van der Waals surface area (Å²) in [6.07, 6.45) is 2.36. The topological polar surface area (TPSA) is 67.6 Å². The quantitative estimate of drug-likeness (QED) is 0.793. The van der Waals surface area contributed by atoms with E-state index >= 15 is 0 Å². The second kappa shape index (κ2) is 8.41. The van der Waals surface area contributed by atoms with Crippen LogP contribution in [0.15, 0.2) is 28.1 Å². The predicted molar refractivity (Wildman–Crippen MR) is 92.8 cm³/mol. The second-order valence-electron chi connectivity index (χ2n) is 5.88. The molecule has 1 saturated heterocycles. The number of amides is 1. The zero-order valence-corrected chi connectivity index (χ0v) is 14.7. The first-order chi connectivity index (χ1) is 11.8. The van der Waals surface area contributed by atoms with Gasteiger partial charge in [-0.2, -0.15) is 0 Å². The number of likely N-dealkylation sites (tertiary alicyclic amines) is 1. The lowest BCUT2D eigenvalue weighted by molar-refractivity contribution is -0.126. The van der Waals surface area contributed by atoms with Crippen LogP contribution in [0.4, 0.5) is 0 Å². The number of carbonyl (C=O) groups excluding carboxylic acids is 1. The summed E-state index contributed by atoms with van der Waals surface area (Å²) in [6.45, 7) is 5.34. The molecule has 0 radical (unpaired) electrons. The molecule has 1 N–H and O–H groups in total. The molecule has 7 heteroatoms. The monoisotopic (exact) mass is 349 g/mol. The lowest BCUT2D eigenvalue weighted by atomic mass is 10.2. The molecule has 1 amide bonds. The second-order valence-corrected chi connectivity index (χ2v) is 6.83. The van der Waals surface area contributed by atoms with Gasteiger partial charge in [-0.25, -0.2) is 0 Å². The van der Waals surface area contributed by atoms with Crippen LogP contribution in [0.2, 0.25) is 0 Å². The molecule has 0 saturated carbocycles. The Kier molecular flexibility index (Phi) is 6.01. The molecule has 2 aromatic heterocycles. The Bertz CT molecular complexity index is 641. The van der Waals surface area contributed by atoms with Gasteiger partial charge in [-0.15, -0.1) is 11.3 Å². The van der Waals surface area contributed by atoms with Crippen molar-refractivity contribution in [2.45, 2.75) is 32.4 Å². The summed E-state index contributed by atoms with van der Waals surface area (Å²) in [4.78, 5) is 15.3. The van der Waals surface area contributed by atoms with E-state index in [1.54, 1.807) is 11.3 Å². The molecule has 1 atom stereocenters. The molecule has 6 nitrogen and oxygen atoms in total. The standard InChI is InChI=1S/C17H23N3O3S/c1-2-20-7-3-5-14(20)10-18-17(21)12-22-11-13-9-15(23-19-13)16-6-4-8-24-16/h4,6,8-9,14H,2-3,5,7,10-12H2,1H3,(H,18,21)/t14-/m0/s1. The first-order valence-electron chi connectivity index (χ1n) is 8.34. The maximum absolute atomic E-state index is 11.9. The van der Waals surface area contributed by atoms with E-state index in [1.807, 2.05) is 23.6 Å². The highest BCUT2D eigenvalue weighted by atomic mass is 32.1. The number of hydrogen-bond acceptors (Lipinski definition) is 6. The Morgan fingerprint density at radius 2 is 2.50 bits per heavy atom. The van der Waals surface area contributed by atoms with Gasteiger partial charge >= 0.3 is 0 Å². The maximum atomic E-state index is 11.9. The van der Waals surface area contributed by atoms with Crippen LogP contribution < -0.4 is 5.32 Å². The van der Waals surface area contributed by atoms with E-state index in [1.165, 1.54) is 6.42 Å². The third-order valence-electron chi connectivity index (χ3n) is 4.25. The third-order valence-corrected chi connectivity index (χ3v) is 5.13. The van der Waals surface area contributed by atoms with Crippen LogP contribution in [0.25, 0.3) is 10.6 Å². The molecule has 0 unspecified atom stereocenters. The number of likely N-dealkylation sites (N-methyl/N-ethyl adjacent to an activating group) is 1. The summed E-state index contributed by atoms with van der Waals surface area (Å²) >= 11 is 1.60. The summed E-state index contributed by atoms with van der Waals surface area (Å²) in [5.74, 6) is 0.647. The van der Waals surface area contributed by atoms with Crippen LogP contribution in [0, 0.1) is 0 Å². The molecule has 0 aromatic carbocycles. The van der Waals surface area contributed by atoms with Gasteiger partial charge in [0.05, 0.1) is 11.5 Å². The van der Waals surface area contributed by atoms with E-state index in [4.69, 9.17) is 9.26 Å². The Balaban J connectivity index is 1.36. The first kappa shape index (κ1) is 17.1. The van der Waals surface area contributed by atoms with Gasteiger partial charge in [0.15, 0.2) is 5.76 Å². The number of hydrogen-bond donors (Lipinski definition) is 1. The molecule has 0 bridgehead atoms. The van der Waals surface area contributed by atoms with Gasteiger partial charge in [-0.3, -0.25) is 9.69 Å². The molecule has 1 aliphatic rings. The highest BCUT2D eigenvalue weighted by Crippen LogP contribution is 2.25. The van der Waals surface area contributed by atoms with E-state index < -0.39 is 0 Å². The average Bonchev–Trinajstić information content (AvgIpc) is 3.32. The van der Waals surface area contributed by atoms with E-state index in [9.17, 15) is 4.79 Å². The molecule has 130 valence electrons. The van der Waals surface area contributed by atoms with Gasteiger partial charge in [-0.1, -0.05) is 18.1 Å². The highest BCUT2D eigenvalue weighted by molar-refractivity contribution is 7.13. The first-order valence-corrected chi connectivity index (χ1v) is 9.22. The van der Waals surface area contributed by atoms with Gasteiger partial charge in [0.1, 0.15) is 12.3 Å². The maximum Gasteiger partial charge on any atom is 0.246 e. The van der Waals surface area contributed by atoms with Crippen molar-refractivity contribution in [2.75, 3.05) is 26.2 Å². The third kappa shape index (κ3) is 4.43. The van der Waals surface area contributed by atoms with Crippen LogP contribution in [0.3, 0.4) is 0 Å². The Morgan fingerprint density at radius 1 is 1.58 bits per heavy atom. The van der Waals surface area contributed by atoms with Crippen molar-refractivity contribution in [3.05, 3.63) is 29.3 Å². The van der Waals surface area contributed by atoms with E-state index in [2.05, 4.69) is 22.3 Å². The lowest BCUT2D eigenvalue weighted by Gasteiger charge is -2.22. The number of aromatic nitrogens is 1. The lowest BCUT2D eigenvalue weighted by Crippen LogP contribution is -2.41. The molecule has 24 heavy (non-hydrogen) atoms. The molecule has 0 spiro atoms. The number of rotatable bonds is 8. The fraction of sp³-hybridized carbons (Fsp3) is 0.529. The van der Waals surface area contributed by atoms with Crippen molar-refractivity contribution < 1.29 is 14.1 Å². The van der Waals surface area contributed by atoms with Crippen molar-refractivity contribution in [2.24, 2.45) is 0 Å². The summed E-state index contributed by atoms with van der Waals surface area (Å²) in [6, 6.07) is 6.25. The molecule has 0 aliphatic carbocycles. The normalized spacial score (nSPS) is 18.1. The molecule has 3 rings (SSSR count). The molecule has 1 fully saturated rings. The van der Waals surface area contributed by atoms with Gasteiger partial charge in [0, 0.05) is 18.7 Å². The fourth-order valence-corrected chi connectivity index (χ4v) is 3.66. The molecule has 3 heterocycles. The Labute approximate surface area is 145 Å². The minimum atomic E-state index is -0.0834. The van der Waals surface area contributed by atoms with Crippen LogP contribution in [-0.2, 0) is 16.1 Å².